The summed E-state index contributed by atoms with van der Waals surface area (Å²) >= 11 is 1.78. The van der Waals surface area contributed by atoms with E-state index in [1.165, 1.54) is 15.1 Å². The van der Waals surface area contributed by atoms with E-state index in [1.807, 2.05) is 18.3 Å². The Hall–Kier alpha value is -1.98. The third-order valence-corrected chi connectivity index (χ3v) is 5.49. The van der Waals surface area contributed by atoms with Crippen molar-refractivity contribution in [2.45, 2.75) is 19.5 Å². The molecular formula is C18H17FN2OS. The zero-order valence-electron chi connectivity index (χ0n) is 12.9. The maximum atomic E-state index is 13.5. The first-order valence-corrected chi connectivity index (χ1v) is 8.44. The molecule has 3 nitrogen and oxygen atoms in total. The van der Waals surface area contributed by atoms with Gasteiger partial charge in [-0.1, -0.05) is 0 Å². The number of methoxy groups -OCH3 is 1. The lowest BCUT2D eigenvalue weighted by Crippen LogP contribution is -2.29. The second-order valence-corrected chi connectivity index (χ2v) is 6.97. The third kappa shape index (κ3) is 2.82. The molecule has 0 atom stereocenters. The van der Waals surface area contributed by atoms with Gasteiger partial charge in [-0.3, -0.25) is 9.88 Å². The third-order valence-electron chi connectivity index (χ3n) is 4.29. The molecule has 1 aliphatic rings. The van der Waals surface area contributed by atoms with E-state index in [0.29, 0.717) is 0 Å². The summed E-state index contributed by atoms with van der Waals surface area (Å²) < 4.78 is 19.9. The lowest BCUT2D eigenvalue weighted by Gasteiger charge is -2.26. The van der Waals surface area contributed by atoms with Gasteiger partial charge in [0.15, 0.2) is 0 Å². The summed E-state index contributed by atoms with van der Waals surface area (Å²) in [5, 5.41) is 1.09. The topological polar surface area (TPSA) is 25.4 Å². The Balaban J connectivity index is 1.57. The van der Waals surface area contributed by atoms with Crippen LogP contribution >= 0.6 is 11.3 Å². The van der Waals surface area contributed by atoms with Gasteiger partial charge in [0.1, 0.15) is 11.6 Å². The second kappa shape index (κ2) is 5.91. The Bertz CT molecular complexity index is 861. The average Bonchev–Trinajstić information content (AvgIpc) is 2.92. The number of hydrogen-bond donors (Lipinski definition) is 0. The first-order valence-electron chi connectivity index (χ1n) is 7.63. The molecule has 0 aliphatic carbocycles. The molecule has 0 fully saturated rings. The fraction of sp³-hybridized carbons (Fsp3) is 0.278. The minimum absolute atomic E-state index is 0.150. The Morgan fingerprint density at radius 1 is 1.30 bits per heavy atom. The normalized spacial score (nSPS) is 14.9. The lowest BCUT2D eigenvalue weighted by atomic mass is 10.0. The minimum Gasteiger partial charge on any atom is -0.495 e. The fourth-order valence-corrected chi connectivity index (χ4v) is 4.46. The average molecular weight is 328 g/mol. The van der Waals surface area contributed by atoms with Gasteiger partial charge in [0, 0.05) is 35.4 Å². The van der Waals surface area contributed by atoms with Crippen molar-refractivity contribution in [3.05, 3.63) is 58.5 Å². The summed E-state index contributed by atoms with van der Waals surface area (Å²) in [5.74, 6) is 0.639. The number of ether oxygens (including phenoxy) is 1. The van der Waals surface area contributed by atoms with E-state index in [9.17, 15) is 4.39 Å². The maximum Gasteiger partial charge on any atom is 0.137 e. The van der Waals surface area contributed by atoms with Crippen molar-refractivity contribution in [2.24, 2.45) is 0 Å². The van der Waals surface area contributed by atoms with Crippen LogP contribution in [-0.2, 0) is 19.5 Å². The van der Waals surface area contributed by atoms with Crippen LogP contribution in [0, 0.1) is 5.82 Å². The molecule has 5 heteroatoms. The highest BCUT2D eigenvalue weighted by atomic mass is 32.1. The summed E-state index contributed by atoms with van der Waals surface area (Å²) in [4.78, 5) is 7.98. The van der Waals surface area contributed by atoms with Crippen LogP contribution in [0.4, 0.5) is 4.39 Å². The SMILES string of the molecule is COc1cncc(CN2CCc3c(sc4ccc(F)cc34)C2)c1. The fourth-order valence-electron chi connectivity index (χ4n) is 3.18. The van der Waals surface area contributed by atoms with Gasteiger partial charge in [0.25, 0.3) is 0 Å². The molecule has 0 unspecified atom stereocenters. The van der Waals surface area contributed by atoms with Gasteiger partial charge in [-0.2, -0.15) is 0 Å². The summed E-state index contributed by atoms with van der Waals surface area (Å²) in [6.07, 6.45) is 4.58. The first kappa shape index (κ1) is 14.6. The highest BCUT2D eigenvalue weighted by molar-refractivity contribution is 7.19. The largest absolute Gasteiger partial charge is 0.495 e. The number of aromatic nitrogens is 1. The van der Waals surface area contributed by atoms with Crippen molar-refractivity contribution < 1.29 is 9.13 Å². The van der Waals surface area contributed by atoms with E-state index in [0.717, 1.165) is 42.8 Å². The van der Waals surface area contributed by atoms with Crippen LogP contribution in [0.15, 0.2) is 36.7 Å². The van der Waals surface area contributed by atoms with E-state index in [4.69, 9.17) is 4.74 Å². The molecule has 3 aromatic rings. The number of pyridine rings is 1. The molecule has 118 valence electrons. The molecule has 4 rings (SSSR count). The van der Waals surface area contributed by atoms with Crippen LogP contribution < -0.4 is 4.74 Å². The smallest absolute Gasteiger partial charge is 0.137 e. The van der Waals surface area contributed by atoms with Gasteiger partial charge in [-0.05, 0) is 47.2 Å². The standard InChI is InChI=1S/C18H17FN2OS/c1-22-14-6-12(8-20-9-14)10-21-5-4-15-16-7-13(19)2-3-17(16)23-18(15)11-21/h2-3,6-9H,4-5,10-11H2,1H3. The van der Waals surface area contributed by atoms with Gasteiger partial charge < -0.3 is 4.74 Å². The molecule has 3 heterocycles. The number of thiophene rings is 1. The van der Waals surface area contributed by atoms with Crippen molar-refractivity contribution in [3.63, 3.8) is 0 Å². The number of benzene rings is 1. The summed E-state index contributed by atoms with van der Waals surface area (Å²) in [6.45, 7) is 2.74. The van der Waals surface area contributed by atoms with Crippen molar-refractivity contribution >= 4 is 21.4 Å². The molecule has 0 saturated heterocycles. The second-order valence-electron chi connectivity index (χ2n) is 5.84. The minimum atomic E-state index is -0.150. The summed E-state index contributed by atoms with van der Waals surface area (Å²) in [6, 6.07) is 7.14. The van der Waals surface area contributed by atoms with E-state index in [1.54, 1.807) is 36.8 Å². The highest BCUT2D eigenvalue weighted by Gasteiger charge is 2.21. The van der Waals surface area contributed by atoms with Crippen LogP contribution in [0.3, 0.4) is 0 Å². The lowest BCUT2D eigenvalue weighted by molar-refractivity contribution is 0.248. The number of rotatable bonds is 3. The molecule has 0 N–H and O–H groups in total. The molecule has 0 radical (unpaired) electrons. The molecule has 1 aliphatic heterocycles. The summed E-state index contributed by atoms with van der Waals surface area (Å²) in [7, 11) is 1.66. The first-order chi connectivity index (χ1) is 11.2. The quantitative estimate of drug-likeness (QED) is 0.726. The van der Waals surface area contributed by atoms with Crippen LogP contribution in [0.1, 0.15) is 16.0 Å². The van der Waals surface area contributed by atoms with Crippen molar-refractivity contribution in [3.8, 4) is 5.75 Å². The number of nitrogens with zero attached hydrogens (tertiary/aromatic N) is 2. The van der Waals surface area contributed by atoms with E-state index < -0.39 is 0 Å². The molecule has 23 heavy (non-hydrogen) atoms. The van der Waals surface area contributed by atoms with E-state index in [-0.39, 0.29) is 5.82 Å². The molecule has 0 amide bonds. The molecular weight excluding hydrogens is 311 g/mol. The number of hydrogen-bond acceptors (Lipinski definition) is 4. The monoisotopic (exact) mass is 328 g/mol. The van der Waals surface area contributed by atoms with Gasteiger partial charge in [-0.25, -0.2) is 4.39 Å². The van der Waals surface area contributed by atoms with Gasteiger partial charge in [0.05, 0.1) is 13.3 Å². The molecule has 1 aromatic carbocycles. The molecule has 0 saturated carbocycles. The molecule has 0 bridgehead atoms. The van der Waals surface area contributed by atoms with Crippen LogP contribution in [0.5, 0.6) is 5.75 Å². The summed E-state index contributed by atoms with van der Waals surface area (Å²) in [5.41, 5.74) is 2.48. The number of halogens is 1. The molecule has 2 aromatic heterocycles. The maximum absolute atomic E-state index is 13.5. The predicted octanol–water partition coefficient (Wildman–Crippen LogP) is 4.00. The van der Waals surface area contributed by atoms with Crippen molar-refractivity contribution in [1.82, 2.24) is 9.88 Å². The van der Waals surface area contributed by atoms with Crippen molar-refractivity contribution in [2.75, 3.05) is 13.7 Å². The van der Waals surface area contributed by atoms with Gasteiger partial charge >= 0.3 is 0 Å². The van der Waals surface area contributed by atoms with Crippen molar-refractivity contribution in [1.29, 1.82) is 0 Å². The van der Waals surface area contributed by atoms with E-state index in [2.05, 4.69) is 9.88 Å². The number of fused-ring (bicyclic) bond motifs is 3. The van der Waals surface area contributed by atoms with Crippen LogP contribution in [0.25, 0.3) is 10.1 Å². The Labute approximate surface area is 138 Å². The Morgan fingerprint density at radius 3 is 3.09 bits per heavy atom. The van der Waals surface area contributed by atoms with Gasteiger partial charge in [0.2, 0.25) is 0 Å². The zero-order chi connectivity index (χ0) is 15.8. The van der Waals surface area contributed by atoms with Crippen LogP contribution in [-0.4, -0.2) is 23.5 Å². The molecule has 0 spiro atoms. The Kier molecular flexibility index (Phi) is 3.75. The van der Waals surface area contributed by atoms with Crippen LogP contribution in [0.2, 0.25) is 0 Å². The van der Waals surface area contributed by atoms with E-state index >= 15 is 0 Å². The zero-order valence-corrected chi connectivity index (χ0v) is 13.7. The predicted molar refractivity (Wildman–Crippen MR) is 90.4 cm³/mol. The van der Waals surface area contributed by atoms with Gasteiger partial charge in [-0.15, -0.1) is 11.3 Å². The highest BCUT2D eigenvalue weighted by Crippen LogP contribution is 2.36. The Morgan fingerprint density at radius 2 is 2.22 bits per heavy atom.